The highest BCUT2D eigenvalue weighted by Gasteiger charge is 2.21. The highest BCUT2D eigenvalue weighted by molar-refractivity contribution is 9.10. The van der Waals surface area contributed by atoms with E-state index in [4.69, 9.17) is 0 Å². The van der Waals surface area contributed by atoms with Crippen LogP contribution in [0.2, 0.25) is 0 Å². The lowest BCUT2D eigenvalue weighted by molar-refractivity contribution is 0.102. The van der Waals surface area contributed by atoms with Gasteiger partial charge in [0.2, 0.25) is 5.78 Å². The van der Waals surface area contributed by atoms with E-state index in [9.17, 15) is 13.6 Å². The van der Waals surface area contributed by atoms with E-state index in [1.165, 1.54) is 23.9 Å². The molecule has 0 amide bonds. The molecule has 0 aliphatic rings. The number of carbonyl (C=O) groups excluding carboxylic acids is 1. The third-order valence-electron chi connectivity index (χ3n) is 2.60. The highest BCUT2D eigenvalue weighted by atomic mass is 79.9. The second kappa shape index (κ2) is 4.61. The molecule has 1 heterocycles. The second-order valence-electron chi connectivity index (χ2n) is 3.88. The number of rotatable bonds is 2. The first-order valence-corrected chi connectivity index (χ1v) is 5.89. The van der Waals surface area contributed by atoms with Crippen LogP contribution in [0.3, 0.4) is 0 Å². The first kappa shape index (κ1) is 12.9. The molecule has 0 spiro atoms. The van der Waals surface area contributed by atoms with E-state index < -0.39 is 17.4 Å². The number of hydrogen-bond donors (Lipinski definition) is 0. The molecule has 1 aromatic heterocycles. The van der Waals surface area contributed by atoms with Crippen molar-refractivity contribution in [3.63, 3.8) is 0 Å². The minimum atomic E-state index is -0.879. The summed E-state index contributed by atoms with van der Waals surface area (Å²) in [6.45, 7) is 1.48. The van der Waals surface area contributed by atoms with Gasteiger partial charge in [-0.2, -0.15) is 5.10 Å². The molecule has 6 heteroatoms. The first-order chi connectivity index (χ1) is 8.41. The predicted molar refractivity (Wildman–Crippen MR) is 65.4 cm³/mol. The Morgan fingerprint density at radius 3 is 2.56 bits per heavy atom. The van der Waals surface area contributed by atoms with Gasteiger partial charge < -0.3 is 0 Å². The number of hydrogen-bond acceptors (Lipinski definition) is 2. The molecule has 0 N–H and O–H groups in total. The van der Waals surface area contributed by atoms with Gasteiger partial charge in [0, 0.05) is 13.1 Å². The van der Waals surface area contributed by atoms with Crippen LogP contribution in [0, 0.1) is 18.6 Å². The molecule has 0 fully saturated rings. The van der Waals surface area contributed by atoms with Gasteiger partial charge in [0.15, 0.2) is 0 Å². The fraction of sp³-hybridized carbons (Fsp3) is 0.167. The number of carbonyl (C=O) groups is 1. The van der Waals surface area contributed by atoms with Gasteiger partial charge >= 0.3 is 0 Å². The van der Waals surface area contributed by atoms with Gasteiger partial charge in [-0.1, -0.05) is 0 Å². The average molecular weight is 315 g/mol. The number of halogens is 3. The van der Waals surface area contributed by atoms with E-state index in [-0.39, 0.29) is 16.8 Å². The minimum absolute atomic E-state index is 0.168. The number of benzene rings is 1. The van der Waals surface area contributed by atoms with Crippen molar-refractivity contribution in [1.82, 2.24) is 9.78 Å². The van der Waals surface area contributed by atoms with Gasteiger partial charge in [-0.05, 0) is 34.5 Å². The summed E-state index contributed by atoms with van der Waals surface area (Å²) in [4.78, 5) is 12.2. The summed E-state index contributed by atoms with van der Waals surface area (Å²) in [5.74, 6) is -2.09. The van der Waals surface area contributed by atoms with Crippen LogP contribution in [0.1, 0.15) is 21.6 Å². The van der Waals surface area contributed by atoms with Gasteiger partial charge in [-0.15, -0.1) is 0 Å². The number of ketones is 1. The van der Waals surface area contributed by atoms with Crippen molar-refractivity contribution in [3.8, 4) is 0 Å². The SMILES string of the molecule is Cc1cc(C(=O)c2c(Br)cnn2C)c(F)cc1F. The van der Waals surface area contributed by atoms with Crippen molar-refractivity contribution in [2.24, 2.45) is 7.05 Å². The van der Waals surface area contributed by atoms with Gasteiger partial charge in [-0.3, -0.25) is 9.48 Å². The smallest absolute Gasteiger partial charge is 0.215 e. The van der Waals surface area contributed by atoms with Crippen molar-refractivity contribution in [2.45, 2.75) is 6.92 Å². The van der Waals surface area contributed by atoms with Crippen LogP contribution in [0.25, 0.3) is 0 Å². The summed E-state index contributed by atoms with van der Waals surface area (Å²) >= 11 is 3.17. The van der Waals surface area contributed by atoms with E-state index in [1.54, 1.807) is 7.05 Å². The van der Waals surface area contributed by atoms with E-state index >= 15 is 0 Å². The Labute approximate surface area is 111 Å². The number of aryl methyl sites for hydroxylation is 2. The van der Waals surface area contributed by atoms with Crippen molar-refractivity contribution in [2.75, 3.05) is 0 Å². The third kappa shape index (κ3) is 2.08. The quantitative estimate of drug-likeness (QED) is 0.799. The number of nitrogens with zero attached hydrogens (tertiary/aromatic N) is 2. The maximum atomic E-state index is 13.6. The summed E-state index contributed by atoms with van der Waals surface area (Å²) < 4.78 is 28.6. The molecular formula is C12H9BrF2N2O. The molecule has 3 nitrogen and oxygen atoms in total. The second-order valence-corrected chi connectivity index (χ2v) is 4.73. The van der Waals surface area contributed by atoms with Crippen molar-refractivity contribution in [1.29, 1.82) is 0 Å². The molecule has 94 valence electrons. The molecule has 0 aliphatic heterocycles. The maximum absolute atomic E-state index is 13.6. The standard InChI is InChI=1S/C12H9BrF2N2O/c1-6-3-7(10(15)4-9(6)14)12(18)11-8(13)5-16-17(11)2/h3-5H,1-2H3. The molecular weight excluding hydrogens is 306 g/mol. The number of aromatic nitrogens is 2. The van der Waals surface area contributed by atoms with Crippen LogP contribution >= 0.6 is 15.9 Å². The zero-order chi connectivity index (χ0) is 13.4. The summed E-state index contributed by atoms with van der Waals surface area (Å²) in [5, 5.41) is 3.88. The first-order valence-electron chi connectivity index (χ1n) is 5.09. The van der Waals surface area contributed by atoms with E-state index in [2.05, 4.69) is 21.0 Å². The largest absolute Gasteiger partial charge is 0.287 e. The Hall–Kier alpha value is -1.56. The maximum Gasteiger partial charge on any atom is 0.215 e. The molecule has 0 aliphatic carbocycles. The Morgan fingerprint density at radius 2 is 2.00 bits per heavy atom. The van der Waals surface area contributed by atoms with Gasteiger partial charge in [0.25, 0.3) is 0 Å². The fourth-order valence-corrected chi connectivity index (χ4v) is 2.15. The molecule has 0 saturated heterocycles. The van der Waals surface area contributed by atoms with Crippen LogP contribution in [0.5, 0.6) is 0 Å². The van der Waals surface area contributed by atoms with E-state index in [0.29, 0.717) is 10.5 Å². The Morgan fingerprint density at radius 1 is 1.33 bits per heavy atom. The zero-order valence-corrected chi connectivity index (χ0v) is 11.3. The molecule has 2 rings (SSSR count). The lowest BCUT2D eigenvalue weighted by Gasteiger charge is -2.06. The summed E-state index contributed by atoms with van der Waals surface area (Å²) in [6, 6.07) is 1.92. The fourth-order valence-electron chi connectivity index (χ4n) is 1.62. The normalized spacial score (nSPS) is 10.7. The molecule has 0 unspecified atom stereocenters. The molecule has 0 radical (unpaired) electrons. The Kier molecular flexibility index (Phi) is 3.30. The molecule has 0 saturated carbocycles. The van der Waals surface area contributed by atoms with Crippen LogP contribution < -0.4 is 0 Å². The van der Waals surface area contributed by atoms with E-state index in [1.807, 2.05) is 0 Å². The Bertz CT molecular complexity index is 618. The molecule has 0 atom stereocenters. The molecule has 18 heavy (non-hydrogen) atoms. The van der Waals surface area contributed by atoms with Crippen LogP contribution in [-0.4, -0.2) is 15.6 Å². The topological polar surface area (TPSA) is 34.9 Å². The van der Waals surface area contributed by atoms with Crippen molar-refractivity contribution in [3.05, 3.63) is 51.3 Å². The monoisotopic (exact) mass is 314 g/mol. The molecule has 0 bridgehead atoms. The Balaban J connectivity index is 2.57. The average Bonchev–Trinajstić information content (AvgIpc) is 2.63. The summed E-state index contributed by atoms with van der Waals surface area (Å²) in [5.41, 5.74) is 0.274. The zero-order valence-electron chi connectivity index (χ0n) is 9.67. The van der Waals surface area contributed by atoms with Crippen LogP contribution in [-0.2, 0) is 7.05 Å². The van der Waals surface area contributed by atoms with Crippen LogP contribution in [0.4, 0.5) is 8.78 Å². The summed E-state index contributed by atoms with van der Waals surface area (Å²) in [7, 11) is 1.58. The van der Waals surface area contributed by atoms with E-state index in [0.717, 1.165) is 0 Å². The van der Waals surface area contributed by atoms with Crippen molar-refractivity contribution >= 4 is 21.7 Å². The van der Waals surface area contributed by atoms with Crippen LogP contribution in [0.15, 0.2) is 22.8 Å². The van der Waals surface area contributed by atoms with Gasteiger partial charge in [0.1, 0.15) is 17.3 Å². The lowest BCUT2D eigenvalue weighted by atomic mass is 10.0. The predicted octanol–water partition coefficient (Wildman–Crippen LogP) is 3.00. The highest BCUT2D eigenvalue weighted by Crippen LogP contribution is 2.22. The van der Waals surface area contributed by atoms with Crippen molar-refractivity contribution < 1.29 is 13.6 Å². The van der Waals surface area contributed by atoms with Gasteiger partial charge in [-0.25, -0.2) is 8.78 Å². The summed E-state index contributed by atoms with van der Waals surface area (Å²) in [6.07, 6.45) is 1.45. The molecule has 2 aromatic rings. The third-order valence-corrected chi connectivity index (χ3v) is 3.18. The van der Waals surface area contributed by atoms with Gasteiger partial charge in [0.05, 0.1) is 16.2 Å². The lowest BCUT2D eigenvalue weighted by Crippen LogP contribution is -2.11. The molecule has 1 aromatic carbocycles. The minimum Gasteiger partial charge on any atom is -0.287 e.